The summed E-state index contributed by atoms with van der Waals surface area (Å²) in [5.41, 5.74) is 1.13. The molecular weight excluding hydrogens is 405 g/mol. The van der Waals surface area contributed by atoms with Crippen LogP contribution in [0.5, 0.6) is 0 Å². The first kappa shape index (κ1) is 22.2. The first-order valence-corrected chi connectivity index (χ1v) is 11.8. The minimum absolute atomic E-state index is 0.0974. The number of piperidine rings is 1. The van der Waals surface area contributed by atoms with Gasteiger partial charge in [-0.2, -0.15) is 0 Å². The fourth-order valence-electron chi connectivity index (χ4n) is 3.52. The van der Waals surface area contributed by atoms with Crippen molar-refractivity contribution in [3.63, 3.8) is 0 Å². The quantitative estimate of drug-likeness (QED) is 0.622. The molecule has 2 aromatic carbocycles. The Kier molecular flexibility index (Phi) is 7.44. The van der Waals surface area contributed by atoms with Crippen LogP contribution < -0.4 is 14.9 Å². The Morgan fingerprint density at radius 2 is 1.77 bits per heavy atom. The zero-order valence-corrected chi connectivity index (χ0v) is 17.9. The van der Waals surface area contributed by atoms with Crippen LogP contribution in [0.1, 0.15) is 32.6 Å². The van der Waals surface area contributed by atoms with E-state index < -0.39 is 10.0 Å². The molecule has 1 aliphatic rings. The van der Waals surface area contributed by atoms with Gasteiger partial charge in [-0.25, -0.2) is 17.5 Å². The Balaban J connectivity index is 1.53. The lowest BCUT2D eigenvalue weighted by molar-refractivity contribution is -0.120. The fraction of sp³-hybridized carbons (Fsp3) is 0.409. The van der Waals surface area contributed by atoms with Crippen LogP contribution in [0.15, 0.2) is 53.4 Å². The molecule has 1 fully saturated rings. The van der Waals surface area contributed by atoms with E-state index in [9.17, 15) is 17.6 Å². The summed E-state index contributed by atoms with van der Waals surface area (Å²) in [7, 11) is -3.53. The molecular formula is C22H28FN3O3S. The molecule has 162 valence electrons. The molecule has 1 aliphatic heterocycles. The first-order chi connectivity index (χ1) is 14.4. The number of carbonyl (C=O) groups excluding carboxylic acids is 1. The van der Waals surface area contributed by atoms with Crippen LogP contribution in [0.25, 0.3) is 0 Å². The van der Waals surface area contributed by atoms with Crippen molar-refractivity contribution < 1.29 is 17.6 Å². The van der Waals surface area contributed by atoms with Crippen LogP contribution in [0.4, 0.5) is 15.8 Å². The summed E-state index contributed by atoms with van der Waals surface area (Å²) in [6.45, 7) is 3.62. The van der Waals surface area contributed by atoms with Crippen LogP contribution in [0, 0.1) is 11.7 Å². The number of nitrogens with zero attached hydrogens (tertiary/aromatic N) is 1. The van der Waals surface area contributed by atoms with E-state index in [1.54, 1.807) is 30.3 Å². The topological polar surface area (TPSA) is 78.5 Å². The highest BCUT2D eigenvalue weighted by atomic mass is 32.2. The molecule has 2 aromatic rings. The standard InChI is InChI=1S/C22H28FN3O3S/c1-2-3-14-24-30(28,29)19-10-8-18(9-11-19)25-22(27)17-12-15-26(16-13-17)21-7-5-4-6-20(21)23/h4-11,17,24H,2-3,12-16H2,1H3,(H,25,27). The summed E-state index contributed by atoms with van der Waals surface area (Å²) in [6.07, 6.45) is 2.96. The summed E-state index contributed by atoms with van der Waals surface area (Å²) in [4.78, 5) is 14.7. The van der Waals surface area contributed by atoms with E-state index >= 15 is 0 Å². The smallest absolute Gasteiger partial charge is 0.240 e. The third-order valence-corrected chi connectivity index (χ3v) is 6.79. The molecule has 0 atom stereocenters. The SMILES string of the molecule is CCCCNS(=O)(=O)c1ccc(NC(=O)C2CCN(c3ccccc3F)CC2)cc1. The fourth-order valence-corrected chi connectivity index (χ4v) is 4.59. The summed E-state index contributed by atoms with van der Waals surface area (Å²) in [6, 6.07) is 12.8. The summed E-state index contributed by atoms with van der Waals surface area (Å²) < 4.78 is 41.0. The van der Waals surface area contributed by atoms with Gasteiger partial charge in [-0.15, -0.1) is 0 Å². The third kappa shape index (κ3) is 5.58. The lowest BCUT2D eigenvalue weighted by Crippen LogP contribution is -2.38. The minimum atomic E-state index is -3.53. The van der Waals surface area contributed by atoms with Gasteiger partial charge in [0, 0.05) is 31.2 Å². The molecule has 6 nitrogen and oxygen atoms in total. The van der Waals surface area contributed by atoms with Gasteiger partial charge in [0.2, 0.25) is 15.9 Å². The predicted octanol–water partition coefficient (Wildman–Crippen LogP) is 3.76. The van der Waals surface area contributed by atoms with Crippen molar-refractivity contribution in [2.45, 2.75) is 37.5 Å². The largest absolute Gasteiger partial charge is 0.369 e. The van der Waals surface area contributed by atoms with Gasteiger partial charge >= 0.3 is 0 Å². The van der Waals surface area contributed by atoms with E-state index in [4.69, 9.17) is 0 Å². The van der Waals surface area contributed by atoms with Gasteiger partial charge in [0.05, 0.1) is 10.6 Å². The van der Waals surface area contributed by atoms with Gasteiger partial charge in [-0.1, -0.05) is 25.5 Å². The first-order valence-electron chi connectivity index (χ1n) is 10.3. The van der Waals surface area contributed by atoms with Crippen molar-refractivity contribution in [1.29, 1.82) is 0 Å². The number of benzene rings is 2. The number of sulfonamides is 1. The van der Waals surface area contributed by atoms with Crippen LogP contribution >= 0.6 is 0 Å². The minimum Gasteiger partial charge on any atom is -0.369 e. The lowest BCUT2D eigenvalue weighted by Gasteiger charge is -2.33. The van der Waals surface area contributed by atoms with E-state index in [0.29, 0.717) is 43.9 Å². The molecule has 8 heteroatoms. The van der Waals surface area contributed by atoms with Gasteiger partial charge in [-0.05, 0) is 55.7 Å². The van der Waals surface area contributed by atoms with Gasteiger partial charge in [0.15, 0.2) is 0 Å². The van der Waals surface area contributed by atoms with Crippen LogP contribution in [0.2, 0.25) is 0 Å². The Morgan fingerprint density at radius 3 is 2.40 bits per heavy atom. The number of carbonyl (C=O) groups is 1. The number of anilines is 2. The van der Waals surface area contributed by atoms with Crippen molar-refractivity contribution in [3.8, 4) is 0 Å². The van der Waals surface area contributed by atoms with Gasteiger partial charge in [0.1, 0.15) is 5.82 Å². The second-order valence-electron chi connectivity index (χ2n) is 7.48. The molecule has 0 spiro atoms. The van der Waals surface area contributed by atoms with Crippen molar-refractivity contribution >= 4 is 27.3 Å². The van der Waals surface area contributed by atoms with E-state index in [-0.39, 0.29) is 22.5 Å². The molecule has 1 heterocycles. The second kappa shape index (κ2) is 10.0. The Labute approximate surface area is 177 Å². The molecule has 1 amide bonds. The molecule has 0 saturated carbocycles. The van der Waals surface area contributed by atoms with Crippen molar-refractivity contribution in [2.24, 2.45) is 5.92 Å². The normalized spacial score (nSPS) is 15.2. The molecule has 0 aliphatic carbocycles. The third-order valence-electron chi connectivity index (χ3n) is 5.31. The zero-order chi connectivity index (χ0) is 21.6. The second-order valence-corrected chi connectivity index (χ2v) is 9.24. The highest BCUT2D eigenvalue weighted by molar-refractivity contribution is 7.89. The van der Waals surface area contributed by atoms with Crippen LogP contribution in [0.3, 0.4) is 0 Å². The van der Waals surface area contributed by atoms with Gasteiger partial charge in [0.25, 0.3) is 0 Å². The molecule has 3 rings (SSSR count). The van der Waals surface area contributed by atoms with E-state index in [2.05, 4.69) is 10.0 Å². The van der Waals surface area contributed by atoms with Crippen molar-refractivity contribution in [3.05, 3.63) is 54.3 Å². The maximum Gasteiger partial charge on any atom is 0.240 e. The van der Waals surface area contributed by atoms with Crippen molar-refractivity contribution in [2.75, 3.05) is 29.9 Å². The predicted molar refractivity (Wildman–Crippen MR) is 117 cm³/mol. The number of nitrogens with one attached hydrogen (secondary N) is 2. The maximum atomic E-state index is 14.0. The molecule has 0 bridgehead atoms. The molecule has 0 unspecified atom stereocenters. The number of halogens is 1. The molecule has 30 heavy (non-hydrogen) atoms. The monoisotopic (exact) mass is 433 g/mol. The molecule has 0 aromatic heterocycles. The van der Waals surface area contributed by atoms with Crippen molar-refractivity contribution in [1.82, 2.24) is 4.72 Å². The van der Waals surface area contributed by atoms with E-state index in [1.165, 1.54) is 18.2 Å². The van der Waals surface area contributed by atoms with Crippen LogP contribution in [-0.4, -0.2) is 34.0 Å². The number of para-hydroxylation sites is 1. The number of hydrogen-bond donors (Lipinski definition) is 2. The highest BCUT2D eigenvalue weighted by Gasteiger charge is 2.26. The summed E-state index contributed by atoms with van der Waals surface area (Å²) >= 11 is 0. The summed E-state index contributed by atoms with van der Waals surface area (Å²) in [5, 5.41) is 2.86. The van der Waals surface area contributed by atoms with E-state index in [1.807, 2.05) is 11.8 Å². The molecule has 2 N–H and O–H groups in total. The number of unbranched alkanes of at least 4 members (excludes halogenated alkanes) is 1. The Morgan fingerprint density at radius 1 is 1.10 bits per heavy atom. The Bertz CT molecular complexity index is 956. The van der Waals surface area contributed by atoms with Gasteiger partial charge in [-0.3, -0.25) is 4.79 Å². The number of rotatable bonds is 8. The number of hydrogen-bond acceptors (Lipinski definition) is 4. The highest BCUT2D eigenvalue weighted by Crippen LogP contribution is 2.26. The molecule has 0 radical (unpaired) electrons. The molecule has 1 saturated heterocycles. The lowest BCUT2D eigenvalue weighted by atomic mass is 9.95. The average molecular weight is 434 g/mol. The maximum absolute atomic E-state index is 14.0. The summed E-state index contributed by atoms with van der Waals surface area (Å²) in [5.74, 6) is -0.508. The van der Waals surface area contributed by atoms with Crippen LogP contribution in [-0.2, 0) is 14.8 Å². The zero-order valence-electron chi connectivity index (χ0n) is 17.1. The van der Waals surface area contributed by atoms with Gasteiger partial charge < -0.3 is 10.2 Å². The Hall–Kier alpha value is -2.45. The average Bonchev–Trinajstić information content (AvgIpc) is 2.75. The van der Waals surface area contributed by atoms with E-state index in [0.717, 1.165) is 12.8 Å². The number of amides is 1.